The fraction of sp³-hybridized carbons (Fsp3) is 0.0526. The molecule has 0 radical (unpaired) electrons. The lowest BCUT2D eigenvalue weighted by Gasteiger charge is -2.28. The van der Waals surface area contributed by atoms with E-state index < -0.39 is 13.2 Å². The van der Waals surface area contributed by atoms with Gasteiger partial charge in [0.15, 0.2) is 0 Å². The first-order chi connectivity index (χ1) is 12.1. The summed E-state index contributed by atoms with van der Waals surface area (Å²) in [6.07, 6.45) is 0. The van der Waals surface area contributed by atoms with E-state index in [1.165, 1.54) is 11.8 Å². The van der Waals surface area contributed by atoms with E-state index in [1.54, 1.807) is 12.1 Å². The molecule has 126 valence electrons. The van der Waals surface area contributed by atoms with Crippen LogP contribution in [0.3, 0.4) is 0 Å². The Morgan fingerprint density at radius 1 is 0.840 bits per heavy atom. The van der Waals surface area contributed by atoms with Crippen LogP contribution in [-0.2, 0) is 14.0 Å². The van der Waals surface area contributed by atoms with Crippen LogP contribution in [0.2, 0.25) is 5.02 Å². The molecule has 0 amide bonds. The minimum Gasteiger partial charge on any atom is -0.133 e. The Hall–Kier alpha value is -1.68. The second kappa shape index (κ2) is 8.13. The highest BCUT2D eigenvalue weighted by atomic mass is 35.5. The predicted octanol–water partition coefficient (Wildman–Crippen LogP) is 6.00. The van der Waals surface area contributed by atoms with Gasteiger partial charge in [-0.05, 0) is 24.3 Å². The zero-order chi connectivity index (χ0) is 17.7. The zero-order valence-electron chi connectivity index (χ0n) is 13.1. The number of hydrogen-bond acceptors (Lipinski definition) is 3. The summed E-state index contributed by atoms with van der Waals surface area (Å²) in [5, 5.41) is 0.628. The fourth-order valence-corrected chi connectivity index (χ4v) is 4.51. The average Bonchev–Trinajstić information content (AvgIpc) is 2.64. The van der Waals surface area contributed by atoms with Crippen LogP contribution >= 0.6 is 31.6 Å². The lowest BCUT2D eigenvalue weighted by Crippen LogP contribution is -2.25. The van der Waals surface area contributed by atoms with Crippen molar-refractivity contribution in [2.75, 3.05) is 0 Å². The first-order valence-corrected chi connectivity index (χ1v) is 9.83. The van der Waals surface area contributed by atoms with Crippen molar-refractivity contribution < 1.29 is 14.0 Å². The molecule has 0 saturated heterocycles. The average molecular weight is 390 g/mol. The summed E-state index contributed by atoms with van der Waals surface area (Å²) in [6.45, 7) is 0. The molecule has 6 heteroatoms. The molecule has 0 aliphatic heterocycles. The summed E-state index contributed by atoms with van der Waals surface area (Å²) in [5.74, 6) is 0. The molecule has 1 unspecified atom stereocenters. The lowest BCUT2D eigenvalue weighted by molar-refractivity contribution is 0.194. The van der Waals surface area contributed by atoms with Crippen molar-refractivity contribution in [1.82, 2.24) is 0 Å². The maximum atomic E-state index is 11.7. The van der Waals surface area contributed by atoms with Crippen LogP contribution in [0.25, 0.3) is 0 Å². The van der Waals surface area contributed by atoms with Crippen LogP contribution in [0.4, 0.5) is 0 Å². The standard InChI is InChI=1S/C19H14ClO3PS/c20-17-11-13-18(14-12-17)25-19(23-24(21)22,15-7-3-1-4-8-15)16-9-5-2-6-10-16/h1-14H/p+1. The van der Waals surface area contributed by atoms with Gasteiger partial charge in [0.2, 0.25) is 4.93 Å². The lowest BCUT2D eigenvalue weighted by atomic mass is 10.0. The molecule has 3 rings (SSSR count). The second-order valence-corrected chi connectivity index (χ2v) is 7.58. The molecule has 25 heavy (non-hydrogen) atoms. The summed E-state index contributed by atoms with van der Waals surface area (Å²) in [7, 11) is -2.83. The number of halogens is 1. The predicted molar refractivity (Wildman–Crippen MR) is 102 cm³/mol. The summed E-state index contributed by atoms with van der Waals surface area (Å²) < 4.78 is 17.3. The van der Waals surface area contributed by atoms with Gasteiger partial charge in [-0.25, -0.2) is 0 Å². The normalized spacial score (nSPS) is 12.0. The Kier molecular flexibility index (Phi) is 5.89. The molecule has 0 aliphatic rings. The monoisotopic (exact) mass is 389 g/mol. The van der Waals surface area contributed by atoms with Crippen molar-refractivity contribution in [2.24, 2.45) is 0 Å². The van der Waals surface area contributed by atoms with E-state index >= 15 is 0 Å². The van der Waals surface area contributed by atoms with E-state index in [9.17, 15) is 9.46 Å². The molecule has 0 fully saturated rings. The molecule has 0 aromatic heterocycles. The Labute approximate surface area is 156 Å². The maximum Gasteiger partial charge on any atom is 0.696 e. The Morgan fingerprint density at radius 2 is 1.32 bits per heavy atom. The minimum atomic E-state index is -2.83. The van der Waals surface area contributed by atoms with Crippen LogP contribution < -0.4 is 0 Å². The van der Waals surface area contributed by atoms with Crippen molar-refractivity contribution in [3.05, 3.63) is 101 Å². The molecule has 0 spiro atoms. The molecule has 0 heterocycles. The molecule has 3 nitrogen and oxygen atoms in total. The summed E-state index contributed by atoms with van der Waals surface area (Å²) in [5.41, 5.74) is 1.55. The van der Waals surface area contributed by atoms with E-state index in [4.69, 9.17) is 16.1 Å². The molecule has 1 N–H and O–H groups in total. The molecular weight excluding hydrogens is 375 g/mol. The topological polar surface area (TPSA) is 46.5 Å². The summed E-state index contributed by atoms with van der Waals surface area (Å²) in [4.78, 5) is 9.30. The molecular formula is C19H15ClO3PS+. The Balaban J connectivity index is 2.17. The smallest absolute Gasteiger partial charge is 0.133 e. The third-order valence-electron chi connectivity index (χ3n) is 3.59. The zero-order valence-corrected chi connectivity index (χ0v) is 15.5. The van der Waals surface area contributed by atoms with Crippen LogP contribution in [0.1, 0.15) is 11.1 Å². The number of hydrogen-bond donors (Lipinski definition) is 1. The first-order valence-electron chi connectivity index (χ1n) is 7.51. The van der Waals surface area contributed by atoms with Crippen molar-refractivity contribution in [2.45, 2.75) is 9.83 Å². The molecule has 0 saturated carbocycles. The molecule has 1 atom stereocenters. The van der Waals surface area contributed by atoms with Gasteiger partial charge in [0.05, 0.1) is 0 Å². The minimum absolute atomic E-state index is 0.628. The largest absolute Gasteiger partial charge is 0.696 e. The molecule has 0 aliphatic carbocycles. The molecule has 0 bridgehead atoms. The highest BCUT2D eigenvalue weighted by molar-refractivity contribution is 8.00. The van der Waals surface area contributed by atoms with Gasteiger partial charge in [-0.1, -0.05) is 88.6 Å². The van der Waals surface area contributed by atoms with Crippen molar-refractivity contribution in [1.29, 1.82) is 0 Å². The second-order valence-electron chi connectivity index (χ2n) is 5.23. The summed E-state index contributed by atoms with van der Waals surface area (Å²) in [6, 6.07) is 26.1. The summed E-state index contributed by atoms with van der Waals surface area (Å²) >= 11 is 7.33. The highest BCUT2D eigenvalue weighted by Crippen LogP contribution is 2.51. The quantitative estimate of drug-likeness (QED) is 0.319. The van der Waals surface area contributed by atoms with Gasteiger partial charge in [-0.3, -0.25) is 0 Å². The van der Waals surface area contributed by atoms with Gasteiger partial charge in [-0.2, -0.15) is 0 Å². The fourth-order valence-electron chi connectivity index (χ4n) is 2.50. The van der Waals surface area contributed by atoms with Gasteiger partial charge in [0, 0.05) is 25.6 Å². The first kappa shape index (κ1) is 18.1. The molecule has 3 aromatic carbocycles. The van der Waals surface area contributed by atoms with Crippen LogP contribution in [0.15, 0.2) is 89.8 Å². The maximum absolute atomic E-state index is 11.7. The van der Waals surface area contributed by atoms with Crippen LogP contribution in [0.5, 0.6) is 0 Å². The Bertz CT molecular complexity index is 802. The van der Waals surface area contributed by atoms with E-state index in [1.807, 2.05) is 72.8 Å². The van der Waals surface area contributed by atoms with E-state index in [0.717, 1.165) is 16.0 Å². The SMILES string of the molecule is O=[P+](O)OC(Sc1ccc(Cl)cc1)(c1ccccc1)c1ccccc1. The van der Waals surface area contributed by atoms with E-state index in [0.29, 0.717) is 5.02 Å². The van der Waals surface area contributed by atoms with Gasteiger partial charge in [0.1, 0.15) is 0 Å². The highest BCUT2D eigenvalue weighted by Gasteiger charge is 2.45. The Morgan fingerprint density at radius 3 is 1.76 bits per heavy atom. The number of benzene rings is 3. The van der Waals surface area contributed by atoms with Gasteiger partial charge < -0.3 is 0 Å². The number of thioether (sulfide) groups is 1. The van der Waals surface area contributed by atoms with Crippen molar-refractivity contribution in [3.63, 3.8) is 0 Å². The third-order valence-corrected chi connectivity index (χ3v) is 5.75. The molecule has 3 aromatic rings. The van der Waals surface area contributed by atoms with E-state index in [-0.39, 0.29) is 0 Å². The number of rotatable bonds is 6. The van der Waals surface area contributed by atoms with Crippen LogP contribution in [0, 0.1) is 0 Å². The van der Waals surface area contributed by atoms with Crippen molar-refractivity contribution >= 4 is 31.6 Å². The van der Waals surface area contributed by atoms with Crippen molar-refractivity contribution in [3.8, 4) is 0 Å². The van der Waals surface area contributed by atoms with Gasteiger partial charge >= 0.3 is 8.25 Å². The van der Waals surface area contributed by atoms with Gasteiger partial charge in [-0.15, -0.1) is 4.89 Å². The third kappa shape index (κ3) is 4.30. The van der Waals surface area contributed by atoms with E-state index in [2.05, 4.69) is 0 Å². The van der Waals surface area contributed by atoms with Crippen LogP contribution in [-0.4, -0.2) is 4.89 Å². The van der Waals surface area contributed by atoms with Gasteiger partial charge in [0.25, 0.3) is 0 Å².